The Morgan fingerprint density at radius 3 is 1.93 bits per heavy atom. The summed E-state index contributed by atoms with van der Waals surface area (Å²) in [6.07, 6.45) is 0. The van der Waals surface area contributed by atoms with Gasteiger partial charge in [-0.15, -0.1) is 0 Å². The molecular weight excluding hydrogens is 174 g/mol. The first kappa shape index (κ1) is 11.0. The first-order valence-electron chi connectivity index (χ1n) is 5.11. The fourth-order valence-electron chi connectivity index (χ4n) is 1.25. The van der Waals surface area contributed by atoms with Gasteiger partial charge in [0.25, 0.3) is 0 Å². The highest BCUT2D eigenvalue weighted by molar-refractivity contribution is 5.45. The number of benzene rings is 1. The van der Waals surface area contributed by atoms with E-state index < -0.39 is 0 Å². The minimum absolute atomic E-state index is 0.904. The summed E-state index contributed by atoms with van der Waals surface area (Å²) in [6.45, 7) is 8.06. The summed E-state index contributed by atoms with van der Waals surface area (Å²) < 4.78 is 0. The minimum atomic E-state index is 0.904. The molecule has 0 atom stereocenters. The second kappa shape index (κ2) is 5.62. The maximum absolute atomic E-state index is 3.24. The standard InChI is InChI=1S/C11H19N3/c1-4-12-14(13-5-2)11-8-6-10(3)7-9-11/h6-9,12-13H,4-5H2,1-3H3. The van der Waals surface area contributed by atoms with Gasteiger partial charge < -0.3 is 0 Å². The van der Waals surface area contributed by atoms with Crippen LogP contribution in [0.1, 0.15) is 19.4 Å². The maximum Gasteiger partial charge on any atom is 0.0702 e. The van der Waals surface area contributed by atoms with Gasteiger partial charge in [-0.25, -0.2) is 16.0 Å². The average Bonchev–Trinajstić information content (AvgIpc) is 2.19. The molecule has 0 bridgehead atoms. The lowest BCUT2D eigenvalue weighted by molar-refractivity contribution is 0.550. The van der Waals surface area contributed by atoms with E-state index >= 15 is 0 Å². The Morgan fingerprint density at radius 2 is 1.50 bits per heavy atom. The number of nitrogens with one attached hydrogen (secondary N) is 2. The zero-order valence-corrected chi connectivity index (χ0v) is 9.17. The van der Waals surface area contributed by atoms with Crippen molar-refractivity contribution in [2.24, 2.45) is 0 Å². The van der Waals surface area contributed by atoms with Gasteiger partial charge in [0.1, 0.15) is 0 Å². The van der Waals surface area contributed by atoms with Crippen molar-refractivity contribution in [2.45, 2.75) is 20.8 Å². The highest BCUT2D eigenvalue weighted by Gasteiger charge is 2.01. The summed E-state index contributed by atoms with van der Waals surface area (Å²) in [6, 6.07) is 8.41. The Morgan fingerprint density at radius 1 is 1.00 bits per heavy atom. The molecule has 0 heterocycles. The van der Waals surface area contributed by atoms with E-state index in [2.05, 4.69) is 55.9 Å². The Bertz CT molecular complexity index is 250. The first-order chi connectivity index (χ1) is 6.77. The third-order valence-corrected chi connectivity index (χ3v) is 1.92. The molecule has 0 fully saturated rings. The predicted molar refractivity (Wildman–Crippen MR) is 61.0 cm³/mol. The molecule has 3 heteroatoms. The summed E-state index contributed by atoms with van der Waals surface area (Å²) in [5.41, 5.74) is 8.90. The molecule has 1 aromatic carbocycles. The molecule has 0 unspecified atom stereocenters. The summed E-state index contributed by atoms with van der Waals surface area (Å²) >= 11 is 0. The Labute approximate surface area is 86.1 Å². The van der Waals surface area contributed by atoms with Crippen LogP contribution in [0.2, 0.25) is 0 Å². The Balaban J connectivity index is 2.71. The topological polar surface area (TPSA) is 27.3 Å². The minimum Gasteiger partial charge on any atom is -0.242 e. The molecular formula is C11H19N3. The summed E-state index contributed by atoms with van der Waals surface area (Å²) in [7, 11) is 0. The van der Waals surface area contributed by atoms with E-state index in [9.17, 15) is 0 Å². The second-order valence-electron chi connectivity index (χ2n) is 3.19. The van der Waals surface area contributed by atoms with E-state index in [-0.39, 0.29) is 0 Å². The molecule has 0 aliphatic heterocycles. The van der Waals surface area contributed by atoms with Crippen molar-refractivity contribution in [2.75, 3.05) is 18.2 Å². The first-order valence-corrected chi connectivity index (χ1v) is 5.11. The third-order valence-electron chi connectivity index (χ3n) is 1.92. The lowest BCUT2D eigenvalue weighted by atomic mass is 10.2. The molecule has 0 radical (unpaired) electrons. The predicted octanol–water partition coefficient (Wildman–Crippen LogP) is 1.85. The monoisotopic (exact) mass is 193 g/mol. The number of rotatable bonds is 5. The summed E-state index contributed by atoms with van der Waals surface area (Å²) in [5, 5.41) is 1.96. The van der Waals surface area contributed by atoms with E-state index in [1.54, 1.807) is 0 Å². The quantitative estimate of drug-likeness (QED) is 0.699. The zero-order valence-electron chi connectivity index (χ0n) is 9.17. The number of hydrogen-bond donors (Lipinski definition) is 2. The van der Waals surface area contributed by atoms with E-state index in [4.69, 9.17) is 0 Å². The van der Waals surface area contributed by atoms with Gasteiger partial charge in [0.2, 0.25) is 0 Å². The summed E-state index contributed by atoms with van der Waals surface area (Å²) in [4.78, 5) is 0. The van der Waals surface area contributed by atoms with Crippen molar-refractivity contribution in [1.29, 1.82) is 0 Å². The van der Waals surface area contributed by atoms with Crippen molar-refractivity contribution >= 4 is 5.69 Å². The van der Waals surface area contributed by atoms with Gasteiger partial charge in [0.05, 0.1) is 5.69 Å². The van der Waals surface area contributed by atoms with E-state index in [0.717, 1.165) is 18.8 Å². The van der Waals surface area contributed by atoms with E-state index in [0.29, 0.717) is 0 Å². The highest BCUT2D eigenvalue weighted by Crippen LogP contribution is 2.10. The van der Waals surface area contributed by atoms with Crippen LogP contribution >= 0.6 is 0 Å². The molecule has 14 heavy (non-hydrogen) atoms. The molecule has 0 aromatic heterocycles. The molecule has 0 saturated heterocycles. The molecule has 2 N–H and O–H groups in total. The largest absolute Gasteiger partial charge is 0.242 e. The number of hydrogen-bond acceptors (Lipinski definition) is 3. The number of nitrogens with zero attached hydrogens (tertiary/aromatic N) is 1. The molecule has 0 amide bonds. The fraction of sp³-hybridized carbons (Fsp3) is 0.455. The molecule has 1 rings (SSSR count). The van der Waals surface area contributed by atoms with Crippen LogP contribution in [0, 0.1) is 6.92 Å². The Hall–Kier alpha value is -1.06. The van der Waals surface area contributed by atoms with Crippen LogP contribution in [0.5, 0.6) is 0 Å². The normalized spacial score (nSPS) is 10.2. The molecule has 0 spiro atoms. The second-order valence-corrected chi connectivity index (χ2v) is 3.19. The van der Waals surface area contributed by atoms with Crippen LogP contribution in [0.15, 0.2) is 24.3 Å². The highest BCUT2D eigenvalue weighted by atomic mass is 15.7. The van der Waals surface area contributed by atoms with Crippen LogP contribution in [-0.4, -0.2) is 13.1 Å². The molecule has 3 nitrogen and oxygen atoms in total. The van der Waals surface area contributed by atoms with Crippen molar-refractivity contribution < 1.29 is 0 Å². The fourth-order valence-corrected chi connectivity index (χ4v) is 1.25. The van der Waals surface area contributed by atoms with Crippen LogP contribution < -0.4 is 16.0 Å². The molecule has 0 aliphatic rings. The van der Waals surface area contributed by atoms with Crippen LogP contribution in [-0.2, 0) is 0 Å². The lowest BCUT2D eigenvalue weighted by Gasteiger charge is -2.24. The Kier molecular flexibility index (Phi) is 4.43. The molecule has 0 saturated carbocycles. The number of aryl methyl sites for hydroxylation is 1. The van der Waals surface area contributed by atoms with Gasteiger partial charge in [-0.2, -0.15) is 0 Å². The van der Waals surface area contributed by atoms with Gasteiger partial charge in [0, 0.05) is 13.1 Å². The third kappa shape index (κ3) is 3.01. The number of hydrazine groups is 2. The molecule has 78 valence electrons. The van der Waals surface area contributed by atoms with Gasteiger partial charge in [0.15, 0.2) is 0 Å². The molecule has 0 aliphatic carbocycles. The van der Waals surface area contributed by atoms with Crippen molar-refractivity contribution in [3.63, 3.8) is 0 Å². The van der Waals surface area contributed by atoms with Crippen molar-refractivity contribution in [3.05, 3.63) is 29.8 Å². The zero-order chi connectivity index (χ0) is 10.4. The van der Waals surface area contributed by atoms with Crippen molar-refractivity contribution in [1.82, 2.24) is 10.9 Å². The van der Waals surface area contributed by atoms with Gasteiger partial charge in [-0.05, 0) is 19.1 Å². The average molecular weight is 193 g/mol. The molecule has 1 aromatic rings. The summed E-state index contributed by atoms with van der Waals surface area (Å²) in [5.74, 6) is 0. The van der Waals surface area contributed by atoms with E-state index in [1.165, 1.54) is 5.56 Å². The van der Waals surface area contributed by atoms with Crippen LogP contribution in [0.25, 0.3) is 0 Å². The van der Waals surface area contributed by atoms with Gasteiger partial charge >= 0.3 is 0 Å². The van der Waals surface area contributed by atoms with Crippen LogP contribution in [0.4, 0.5) is 5.69 Å². The smallest absolute Gasteiger partial charge is 0.0702 e. The SMILES string of the molecule is CCNN(NCC)c1ccc(C)cc1. The number of anilines is 1. The van der Waals surface area contributed by atoms with Crippen LogP contribution in [0.3, 0.4) is 0 Å². The van der Waals surface area contributed by atoms with Crippen molar-refractivity contribution in [3.8, 4) is 0 Å². The van der Waals surface area contributed by atoms with Gasteiger partial charge in [-0.3, -0.25) is 0 Å². The van der Waals surface area contributed by atoms with E-state index in [1.807, 2.05) is 5.12 Å². The maximum atomic E-state index is 3.24. The van der Waals surface area contributed by atoms with Gasteiger partial charge in [-0.1, -0.05) is 31.5 Å². The lowest BCUT2D eigenvalue weighted by Crippen LogP contribution is -2.48.